The largest absolute Gasteiger partial charge is 0.485 e. The summed E-state index contributed by atoms with van der Waals surface area (Å²) in [7, 11) is 3.71. The zero-order valence-electron chi connectivity index (χ0n) is 22.3. The summed E-state index contributed by atoms with van der Waals surface area (Å²) in [4.78, 5) is 17.5. The van der Waals surface area contributed by atoms with Crippen LogP contribution in [0, 0.1) is 0 Å². The van der Waals surface area contributed by atoms with Gasteiger partial charge in [0, 0.05) is 45.4 Å². The number of halogens is 1. The van der Waals surface area contributed by atoms with E-state index in [1.165, 1.54) is 4.88 Å². The van der Waals surface area contributed by atoms with Crippen LogP contribution in [0.5, 0.6) is 5.75 Å². The van der Waals surface area contributed by atoms with Crippen molar-refractivity contribution in [3.05, 3.63) is 52.2 Å². The summed E-state index contributed by atoms with van der Waals surface area (Å²) in [6, 6.07) is 12.4. The van der Waals surface area contributed by atoms with Crippen molar-refractivity contribution < 1.29 is 20.1 Å². The summed E-state index contributed by atoms with van der Waals surface area (Å²) in [5.74, 6) is 0.787. The lowest BCUT2D eigenvalue weighted by atomic mass is 10.0. The molecular weight excluding hydrogens is 477 g/mol. The number of para-hydroxylation sites is 1. The number of ether oxygens (including phenoxy) is 2. The second-order valence-electron chi connectivity index (χ2n) is 9.84. The molecule has 1 aromatic heterocycles. The van der Waals surface area contributed by atoms with Gasteiger partial charge in [-0.25, -0.2) is 4.39 Å². The molecule has 0 unspecified atom stereocenters. The lowest BCUT2D eigenvalue weighted by molar-refractivity contribution is -0.152. The molecule has 1 aromatic carbocycles. The number of piperidine rings is 1. The van der Waals surface area contributed by atoms with Crippen LogP contribution in [-0.2, 0) is 16.0 Å². The zero-order valence-corrected chi connectivity index (χ0v) is 23.1. The Morgan fingerprint density at radius 3 is 2.72 bits per heavy atom. The van der Waals surface area contributed by atoms with Crippen LogP contribution >= 0.6 is 11.3 Å². The number of alkyl halides is 1. The molecule has 0 saturated carbocycles. The van der Waals surface area contributed by atoms with Crippen LogP contribution in [0.3, 0.4) is 0 Å². The number of carbonyl (C=O) groups excluding carboxylic acids is 1. The number of benzene rings is 1. The van der Waals surface area contributed by atoms with Crippen LogP contribution < -0.4 is 10.1 Å². The summed E-state index contributed by atoms with van der Waals surface area (Å²) >= 11 is 1.71. The quantitative estimate of drug-likeness (QED) is 0.404. The van der Waals surface area contributed by atoms with Crippen LogP contribution in [0.4, 0.5) is 4.39 Å². The minimum absolute atomic E-state index is 0. The Labute approximate surface area is 221 Å². The van der Waals surface area contributed by atoms with Crippen molar-refractivity contribution in [1.29, 1.82) is 0 Å². The summed E-state index contributed by atoms with van der Waals surface area (Å²) in [6.07, 6.45) is -0.0596. The molecule has 1 aliphatic rings. The third-order valence-electron chi connectivity index (χ3n) is 6.87. The molecule has 1 saturated heterocycles. The molecule has 2 heterocycles. The first kappa shape index (κ1) is 28.6. The van der Waals surface area contributed by atoms with Gasteiger partial charge in [0.15, 0.2) is 0 Å². The second-order valence-corrected chi connectivity index (χ2v) is 10.8. The molecule has 0 aliphatic carbocycles. The first-order chi connectivity index (χ1) is 17.3. The summed E-state index contributed by atoms with van der Waals surface area (Å²) in [5, 5.41) is 5.30. The SMILES string of the molecule is CNCC[C@@H](Oc1ccccc1CCN1CC[C@@H](O[C@H](C)C(=O)N(C)C(C)C)[C@@H](F)C1)c1cccs1.[HH]. The van der Waals surface area contributed by atoms with E-state index in [-0.39, 0.29) is 19.5 Å². The molecule has 36 heavy (non-hydrogen) atoms. The van der Waals surface area contributed by atoms with Crippen molar-refractivity contribution in [2.75, 3.05) is 40.3 Å². The lowest BCUT2D eigenvalue weighted by Crippen LogP contribution is -2.49. The number of hydrogen-bond donors (Lipinski definition) is 1. The summed E-state index contributed by atoms with van der Waals surface area (Å²) in [6.45, 7) is 8.31. The van der Waals surface area contributed by atoms with E-state index in [0.29, 0.717) is 13.0 Å². The van der Waals surface area contributed by atoms with Crippen LogP contribution in [0.25, 0.3) is 0 Å². The molecule has 2 aromatic rings. The number of nitrogens with one attached hydrogen (secondary N) is 1. The number of likely N-dealkylation sites (tertiary alicyclic amines) is 1. The maximum Gasteiger partial charge on any atom is 0.251 e. The Kier molecular flexibility index (Phi) is 11.2. The number of likely N-dealkylation sites (N-methyl/N-ethyl adjacent to an activating group) is 1. The number of carbonyl (C=O) groups is 1. The van der Waals surface area contributed by atoms with E-state index >= 15 is 4.39 Å². The predicted molar refractivity (Wildman–Crippen MR) is 147 cm³/mol. The molecule has 0 bridgehead atoms. The van der Waals surface area contributed by atoms with Crippen molar-refractivity contribution in [3.63, 3.8) is 0 Å². The minimum atomic E-state index is -1.12. The lowest BCUT2D eigenvalue weighted by Gasteiger charge is -2.36. The number of thiophene rings is 1. The fraction of sp³-hybridized carbons (Fsp3) is 0.607. The predicted octanol–water partition coefficient (Wildman–Crippen LogP) is 4.95. The molecule has 8 heteroatoms. The third kappa shape index (κ3) is 8.00. The van der Waals surface area contributed by atoms with Crippen molar-refractivity contribution in [3.8, 4) is 5.75 Å². The molecule has 1 aliphatic heterocycles. The standard InChI is InChI=1S/C28H42FN3O3S.H2/c1-20(2)31(5)28(33)21(3)34-25-14-17-32(19-23(25)29)16-13-22-9-6-7-10-24(22)35-26(12-15-30-4)27-11-8-18-36-27;/h6-11,18,20-21,23,25-26,30H,12-17,19H2,1-5H3;1H/t21-,23+,25-,26-;/m1./s1. The van der Waals surface area contributed by atoms with Crippen molar-refractivity contribution in [2.24, 2.45) is 0 Å². The molecule has 1 N–H and O–H groups in total. The maximum absolute atomic E-state index is 15.0. The molecule has 202 valence electrons. The second kappa shape index (κ2) is 14.1. The van der Waals surface area contributed by atoms with E-state index < -0.39 is 18.4 Å². The van der Waals surface area contributed by atoms with E-state index in [9.17, 15) is 4.79 Å². The van der Waals surface area contributed by atoms with Gasteiger partial charge in [0.1, 0.15) is 24.1 Å². The van der Waals surface area contributed by atoms with Gasteiger partial charge in [0.25, 0.3) is 5.91 Å². The normalized spacial score (nSPS) is 20.3. The molecule has 3 rings (SSSR count). The first-order valence-electron chi connectivity index (χ1n) is 13.0. The van der Waals surface area contributed by atoms with Gasteiger partial charge in [-0.15, -0.1) is 11.3 Å². The van der Waals surface area contributed by atoms with Crippen LogP contribution in [0.1, 0.15) is 51.6 Å². The topological polar surface area (TPSA) is 54.0 Å². The van der Waals surface area contributed by atoms with Crippen LogP contribution in [0.15, 0.2) is 41.8 Å². The van der Waals surface area contributed by atoms with Crippen LogP contribution in [0.2, 0.25) is 0 Å². The van der Waals surface area contributed by atoms with E-state index in [1.807, 2.05) is 39.1 Å². The van der Waals surface area contributed by atoms with E-state index in [1.54, 1.807) is 30.2 Å². The van der Waals surface area contributed by atoms with Gasteiger partial charge in [-0.1, -0.05) is 24.3 Å². The molecule has 1 fully saturated rings. The van der Waals surface area contributed by atoms with Gasteiger partial charge in [0.2, 0.25) is 0 Å². The first-order valence-corrected chi connectivity index (χ1v) is 13.9. The Hall–Kier alpha value is -2.00. The number of nitrogens with zero attached hydrogens (tertiary/aromatic N) is 2. The van der Waals surface area contributed by atoms with Gasteiger partial charge in [-0.2, -0.15) is 0 Å². The van der Waals surface area contributed by atoms with E-state index in [2.05, 4.69) is 33.8 Å². The average molecular weight is 522 g/mol. The van der Waals surface area contributed by atoms with Gasteiger partial charge in [-0.3, -0.25) is 9.69 Å². The smallest absolute Gasteiger partial charge is 0.251 e. The highest BCUT2D eigenvalue weighted by atomic mass is 32.1. The summed E-state index contributed by atoms with van der Waals surface area (Å²) in [5.41, 5.74) is 1.13. The molecule has 0 spiro atoms. The highest BCUT2D eigenvalue weighted by Gasteiger charge is 2.33. The van der Waals surface area contributed by atoms with Gasteiger partial charge >= 0.3 is 0 Å². The van der Waals surface area contributed by atoms with Gasteiger partial charge in [-0.05, 0) is 70.3 Å². The monoisotopic (exact) mass is 521 g/mol. The minimum Gasteiger partial charge on any atom is -0.485 e. The molecular formula is C28H44FN3O3S. The van der Waals surface area contributed by atoms with E-state index in [4.69, 9.17) is 9.47 Å². The van der Waals surface area contributed by atoms with E-state index in [0.717, 1.165) is 43.8 Å². The molecule has 4 atom stereocenters. The third-order valence-corrected chi connectivity index (χ3v) is 7.84. The summed E-state index contributed by atoms with van der Waals surface area (Å²) < 4.78 is 27.4. The Morgan fingerprint density at radius 2 is 2.06 bits per heavy atom. The Morgan fingerprint density at radius 1 is 1.28 bits per heavy atom. The average Bonchev–Trinajstić information content (AvgIpc) is 3.41. The molecule has 6 nitrogen and oxygen atoms in total. The van der Waals surface area contributed by atoms with Gasteiger partial charge < -0.3 is 19.7 Å². The Bertz CT molecular complexity index is 933. The number of rotatable bonds is 13. The number of hydrogen-bond acceptors (Lipinski definition) is 6. The zero-order chi connectivity index (χ0) is 26.1. The van der Waals surface area contributed by atoms with Gasteiger partial charge in [0.05, 0.1) is 6.10 Å². The van der Waals surface area contributed by atoms with Crippen molar-refractivity contribution in [1.82, 2.24) is 15.1 Å². The van der Waals surface area contributed by atoms with Crippen molar-refractivity contribution in [2.45, 2.75) is 70.6 Å². The molecule has 1 amide bonds. The van der Waals surface area contributed by atoms with Crippen LogP contribution in [-0.4, -0.2) is 80.4 Å². The fourth-order valence-electron chi connectivity index (χ4n) is 4.43. The highest BCUT2D eigenvalue weighted by molar-refractivity contribution is 7.10. The fourth-order valence-corrected chi connectivity index (χ4v) is 5.22. The maximum atomic E-state index is 15.0. The number of amides is 1. The molecule has 0 radical (unpaired) electrons. The highest BCUT2D eigenvalue weighted by Crippen LogP contribution is 2.30. The Balaban J connectivity index is 0.00000481. The van der Waals surface area contributed by atoms with Crippen molar-refractivity contribution >= 4 is 17.2 Å².